The van der Waals surface area contributed by atoms with E-state index in [2.05, 4.69) is 4.98 Å². The van der Waals surface area contributed by atoms with Gasteiger partial charge in [-0.3, -0.25) is 9.69 Å². The van der Waals surface area contributed by atoms with E-state index in [0.717, 1.165) is 15.8 Å². The predicted octanol–water partition coefficient (Wildman–Crippen LogP) is 5.36. The summed E-state index contributed by atoms with van der Waals surface area (Å²) in [6, 6.07) is 22.8. The molecule has 0 fully saturated rings. The van der Waals surface area contributed by atoms with Gasteiger partial charge in [-0.25, -0.2) is 4.98 Å². The van der Waals surface area contributed by atoms with Crippen LogP contribution in [0, 0.1) is 6.92 Å². The van der Waals surface area contributed by atoms with Gasteiger partial charge in [0, 0.05) is 6.07 Å². The number of fused-ring (bicyclic) bond motifs is 1. The van der Waals surface area contributed by atoms with Crippen molar-refractivity contribution >= 4 is 38.3 Å². The Morgan fingerprint density at radius 3 is 2.62 bits per heavy atom. The molecular formula is C23H20N2O3S. The Bertz CT molecular complexity index is 1120. The number of methoxy groups -OCH3 is 1. The fourth-order valence-electron chi connectivity index (χ4n) is 2.99. The Labute approximate surface area is 173 Å². The van der Waals surface area contributed by atoms with Crippen molar-refractivity contribution in [3.63, 3.8) is 0 Å². The highest BCUT2D eigenvalue weighted by Gasteiger charge is 2.23. The summed E-state index contributed by atoms with van der Waals surface area (Å²) in [5.41, 5.74) is 2.52. The number of anilines is 2. The third-order valence-corrected chi connectivity index (χ3v) is 5.50. The third-order valence-electron chi connectivity index (χ3n) is 4.48. The number of hydrogen-bond donors (Lipinski definition) is 0. The summed E-state index contributed by atoms with van der Waals surface area (Å²) in [6.45, 7) is 1.85. The molecule has 0 spiro atoms. The molecule has 0 aliphatic heterocycles. The molecule has 4 rings (SSSR count). The average Bonchev–Trinajstić information content (AvgIpc) is 3.17. The quantitative estimate of drug-likeness (QED) is 0.434. The molecule has 0 aliphatic carbocycles. The van der Waals surface area contributed by atoms with Crippen molar-refractivity contribution in [2.45, 2.75) is 6.92 Å². The first-order valence-electron chi connectivity index (χ1n) is 9.17. The van der Waals surface area contributed by atoms with Gasteiger partial charge in [-0.05, 0) is 42.8 Å². The van der Waals surface area contributed by atoms with Gasteiger partial charge in [0.05, 0.1) is 23.0 Å². The molecule has 0 saturated carbocycles. The second kappa shape index (κ2) is 8.32. The SMILES string of the molecule is COc1cccc(N(C(=O)COc2ccccc2C)c2nc3ccccc3s2)c1. The number of ether oxygens (including phenoxy) is 2. The monoisotopic (exact) mass is 404 g/mol. The molecule has 4 aromatic rings. The largest absolute Gasteiger partial charge is 0.497 e. The summed E-state index contributed by atoms with van der Waals surface area (Å²) in [4.78, 5) is 19.5. The van der Waals surface area contributed by atoms with E-state index >= 15 is 0 Å². The number of carbonyl (C=O) groups excluding carboxylic acids is 1. The van der Waals surface area contributed by atoms with Crippen molar-refractivity contribution in [3.8, 4) is 11.5 Å². The molecule has 0 bridgehead atoms. The minimum Gasteiger partial charge on any atom is -0.497 e. The number of amides is 1. The number of hydrogen-bond acceptors (Lipinski definition) is 5. The van der Waals surface area contributed by atoms with E-state index in [1.807, 2.05) is 79.7 Å². The van der Waals surface area contributed by atoms with Gasteiger partial charge < -0.3 is 9.47 Å². The topological polar surface area (TPSA) is 51.7 Å². The van der Waals surface area contributed by atoms with Crippen LogP contribution in [0.4, 0.5) is 10.8 Å². The number of para-hydroxylation sites is 2. The third kappa shape index (κ3) is 4.07. The lowest BCUT2D eigenvalue weighted by Gasteiger charge is -2.21. The highest BCUT2D eigenvalue weighted by Crippen LogP contribution is 2.34. The molecule has 1 aromatic heterocycles. The van der Waals surface area contributed by atoms with Gasteiger partial charge >= 0.3 is 0 Å². The van der Waals surface area contributed by atoms with Gasteiger partial charge in [0.2, 0.25) is 0 Å². The maximum absolute atomic E-state index is 13.2. The minimum atomic E-state index is -0.208. The van der Waals surface area contributed by atoms with E-state index in [-0.39, 0.29) is 12.5 Å². The van der Waals surface area contributed by atoms with Crippen LogP contribution in [0.5, 0.6) is 11.5 Å². The van der Waals surface area contributed by atoms with Gasteiger partial charge in [0.1, 0.15) is 11.5 Å². The first kappa shape index (κ1) is 19.0. The second-order valence-corrected chi connectivity index (χ2v) is 7.46. The molecular weight excluding hydrogens is 384 g/mol. The van der Waals surface area contributed by atoms with Crippen molar-refractivity contribution in [3.05, 3.63) is 78.4 Å². The van der Waals surface area contributed by atoms with Crippen LogP contribution in [0.3, 0.4) is 0 Å². The number of aromatic nitrogens is 1. The van der Waals surface area contributed by atoms with Crippen LogP contribution in [0.1, 0.15) is 5.56 Å². The number of carbonyl (C=O) groups is 1. The van der Waals surface area contributed by atoms with Crippen LogP contribution in [0.2, 0.25) is 0 Å². The molecule has 146 valence electrons. The molecule has 3 aromatic carbocycles. The molecule has 0 N–H and O–H groups in total. The fourth-order valence-corrected chi connectivity index (χ4v) is 3.99. The lowest BCUT2D eigenvalue weighted by molar-refractivity contribution is -0.119. The molecule has 0 radical (unpaired) electrons. The Kier molecular flexibility index (Phi) is 5.44. The van der Waals surface area contributed by atoms with E-state index < -0.39 is 0 Å². The first-order valence-corrected chi connectivity index (χ1v) is 9.98. The molecule has 6 heteroatoms. The highest BCUT2D eigenvalue weighted by molar-refractivity contribution is 7.22. The van der Waals surface area contributed by atoms with Crippen molar-refractivity contribution in [2.24, 2.45) is 0 Å². The van der Waals surface area contributed by atoms with Gasteiger partial charge in [-0.2, -0.15) is 0 Å². The Morgan fingerprint density at radius 2 is 1.83 bits per heavy atom. The number of nitrogens with zero attached hydrogens (tertiary/aromatic N) is 2. The summed E-state index contributed by atoms with van der Waals surface area (Å²) in [7, 11) is 1.60. The normalized spacial score (nSPS) is 10.7. The first-order chi connectivity index (χ1) is 14.2. The Morgan fingerprint density at radius 1 is 1.03 bits per heavy atom. The summed E-state index contributed by atoms with van der Waals surface area (Å²) < 4.78 is 12.2. The molecule has 0 unspecified atom stereocenters. The van der Waals surface area contributed by atoms with E-state index in [1.165, 1.54) is 11.3 Å². The summed E-state index contributed by atoms with van der Waals surface area (Å²) in [6.07, 6.45) is 0. The van der Waals surface area contributed by atoms with Crippen molar-refractivity contribution < 1.29 is 14.3 Å². The number of aryl methyl sites for hydroxylation is 1. The molecule has 0 saturated heterocycles. The van der Waals surface area contributed by atoms with E-state index in [9.17, 15) is 4.79 Å². The smallest absolute Gasteiger partial charge is 0.271 e. The summed E-state index contributed by atoms with van der Waals surface area (Å²) in [5, 5.41) is 0.595. The maximum atomic E-state index is 13.2. The number of rotatable bonds is 6. The zero-order chi connectivity index (χ0) is 20.2. The van der Waals surface area contributed by atoms with Crippen LogP contribution < -0.4 is 14.4 Å². The Balaban J connectivity index is 1.69. The fraction of sp³-hybridized carbons (Fsp3) is 0.130. The van der Waals surface area contributed by atoms with Gasteiger partial charge in [-0.1, -0.05) is 47.7 Å². The molecule has 5 nitrogen and oxygen atoms in total. The van der Waals surface area contributed by atoms with E-state index in [4.69, 9.17) is 9.47 Å². The second-order valence-electron chi connectivity index (χ2n) is 6.45. The van der Waals surface area contributed by atoms with Gasteiger partial charge in [-0.15, -0.1) is 0 Å². The van der Waals surface area contributed by atoms with Crippen LogP contribution in [0.15, 0.2) is 72.8 Å². The Hall–Kier alpha value is -3.38. The molecule has 0 aliphatic rings. The van der Waals surface area contributed by atoms with Crippen LogP contribution in [-0.4, -0.2) is 24.6 Å². The van der Waals surface area contributed by atoms with E-state index in [0.29, 0.717) is 22.3 Å². The molecule has 1 heterocycles. The van der Waals surface area contributed by atoms with E-state index in [1.54, 1.807) is 12.0 Å². The van der Waals surface area contributed by atoms with Crippen LogP contribution >= 0.6 is 11.3 Å². The summed E-state index contributed by atoms with van der Waals surface area (Å²) in [5.74, 6) is 1.15. The molecule has 1 amide bonds. The number of thiazole rings is 1. The lowest BCUT2D eigenvalue weighted by atomic mass is 10.2. The predicted molar refractivity (Wildman–Crippen MR) is 116 cm³/mol. The number of benzene rings is 3. The average molecular weight is 404 g/mol. The zero-order valence-electron chi connectivity index (χ0n) is 16.2. The van der Waals surface area contributed by atoms with Crippen molar-refractivity contribution in [1.29, 1.82) is 0 Å². The standard InChI is InChI=1S/C23H20N2O3S/c1-16-8-3-5-12-20(16)28-15-22(26)25(17-9-7-10-18(14-17)27-2)23-24-19-11-4-6-13-21(19)29-23/h3-14H,15H2,1-2H3. The summed E-state index contributed by atoms with van der Waals surface area (Å²) >= 11 is 1.46. The maximum Gasteiger partial charge on any atom is 0.271 e. The van der Waals surface area contributed by atoms with Crippen LogP contribution in [0.25, 0.3) is 10.2 Å². The van der Waals surface area contributed by atoms with Crippen molar-refractivity contribution in [1.82, 2.24) is 4.98 Å². The highest BCUT2D eigenvalue weighted by atomic mass is 32.1. The van der Waals surface area contributed by atoms with Crippen molar-refractivity contribution in [2.75, 3.05) is 18.6 Å². The van der Waals surface area contributed by atoms with Crippen LogP contribution in [-0.2, 0) is 4.79 Å². The minimum absolute atomic E-state index is 0.0992. The molecule has 0 atom stereocenters. The molecule has 29 heavy (non-hydrogen) atoms. The zero-order valence-corrected chi connectivity index (χ0v) is 17.0. The van der Waals surface area contributed by atoms with Gasteiger partial charge in [0.15, 0.2) is 11.7 Å². The lowest BCUT2D eigenvalue weighted by Crippen LogP contribution is -2.31. The van der Waals surface area contributed by atoms with Gasteiger partial charge in [0.25, 0.3) is 5.91 Å².